The minimum Gasteiger partial charge on any atom is -0.328 e. The molecule has 1 aromatic rings. The van der Waals surface area contributed by atoms with Crippen molar-refractivity contribution in [3.8, 4) is 0 Å². The number of amides is 1. The molecule has 1 saturated carbocycles. The Morgan fingerprint density at radius 2 is 2.06 bits per heavy atom. The van der Waals surface area contributed by atoms with Crippen molar-refractivity contribution in [2.75, 3.05) is 5.32 Å². The largest absolute Gasteiger partial charge is 0.328 e. The number of rotatable bonds is 2. The highest BCUT2D eigenvalue weighted by Crippen LogP contribution is 2.28. The monoisotopic (exact) mass is 318 g/mol. The summed E-state index contributed by atoms with van der Waals surface area (Å²) in [5.41, 5.74) is 5.70. The summed E-state index contributed by atoms with van der Waals surface area (Å²) in [6, 6.07) is 1.99. The van der Waals surface area contributed by atoms with Gasteiger partial charge in [0.15, 0.2) is 0 Å². The molecule has 1 aliphatic carbocycles. The van der Waals surface area contributed by atoms with E-state index in [-0.39, 0.29) is 28.0 Å². The van der Waals surface area contributed by atoms with E-state index >= 15 is 0 Å². The number of carbonyl (C=O) groups is 1. The molecular weight excluding hydrogens is 306 g/mol. The van der Waals surface area contributed by atoms with Gasteiger partial charge < -0.3 is 11.1 Å². The lowest BCUT2D eigenvalue weighted by Gasteiger charge is -2.12. The quantitative estimate of drug-likeness (QED) is 0.824. The Bertz CT molecular complexity index is 481. The minimum absolute atomic E-state index is 0.0197. The molecule has 0 radical (unpaired) electrons. The van der Waals surface area contributed by atoms with E-state index in [1.165, 1.54) is 6.07 Å². The SMILES string of the molecule is NC1CCC(C(=O)Nc2cc(Br)c(F)cc2F)C1. The maximum atomic E-state index is 13.5. The molecule has 0 saturated heterocycles. The Labute approximate surface area is 112 Å². The third kappa shape index (κ3) is 2.87. The maximum Gasteiger partial charge on any atom is 0.227 e. The van der Waals surface area contributed by atoms with Crippen molar-refractivity contribution in [2.24, 2.45) is 11.7 Å². The number of carbonyl (C=O) groups excluding carboxylic acids is 1. The summed E-state index contributed by atoms with van der Waals surface area (Å²) in [6.07, 6.45) is 2.11. The summed E-state index contributed by atoms with van der Waals surface area (Å²) in [7, 11) is 0. The van der Waals surface area contributed by atoms with E-state index in [1.807, 2.05) is 0 Å². The van der Waals surface area contributed by atoms with Gasteiger partial charge in [-0.2, -0.15) is 0 Å². The lowest BCUT2D eigenvalue weighted by molar-refractivity contribution is -0.119. The van der Waals surface area contributed by atoms with Crippen molar-refractivity contribution in [1.82, 2.24) is 0 Å². The van der Waals surface area contributed by atoms with Gasteiger partial charge in [0.25, 0.3) is 0 Å². The van der Waals surface area contributed by atoms with Gasteiger partial charge in [-0.15, -0.1) is 0 Å². The van der Waals surface area contributed by atoms with Crippen LogP contribution in [-0.2, 0) is 4.79 Å². The van der Waals surface area contributed by atoms with Crippen molar-refractivity contribution in [3.63, 3.8) is 0 Å². The van der Waals surface area contributed by atoms with Crippen molar-refractivity contribution in [2.45, 2.75) is 25.3 Å². The Morgan fingerprint density at radius 1 is 1.33 bits per heavy atom. The number of hydrogen-bond donors (Lipinski definition) is 2. The van der Waals surface area contributed by atoms with Gasteiger partial charge in [0, 0.05) is 18.0 Å². The molecular formula is C12H13BrF2N2O. The van der Waals surface area contributed by atoms with Gasteiger partial charge in [0.05, 0.1) is 10.2 Å². The number of hydrogen-bond acceptors (Lipinski definition) is 2. The average molecular weight is 319 g/mol. The molecule has 1 fully saturated rings. The summed E-state index contributed by atoms with van der Waals surface area (Å²) >= 11 is 2.95. The van der Waals surface area contributed by atoms with E-state index in [1.54, 1.807) is 0 Å². The lowest BCUT2D eigenvalue weighted by atomic mass is 10.1. The molecule has 0 aliphatic heterocycles. The third-order valence-corrected chi connectivity index (χ3v) is 3.72. The molecule has 0 spiro atoms. The summed E-state index contributed by atoms with van der Waals surface area (Å²) < 4.78 is 26.6. The van der Waals surface area contributed by atoms with Gasteiger partial charge in [-0.05, 0) is 41.3 Å². The fraction of sp³-hybridized carbons (Fsp3) is 0.417. The molecule has 2 unspecified atom stereocenters. The molecule has 1 amide bonds. The summed E-state index contributed by atoms with van der Waals surface area (Å²) in [5.74, 6) is -1.94. The Hall–Kier alpha value is -1.01. The van der Waals surface area contributed by atoms with Crippen LogP contribution >= 0.6 is 15.9 Å². The Morgan fingerprint density at radius 3 is 2.67 bits per heavy atom. The van der Waals surface area contributed by atoms with Crippen LogP contribution in [0.5, 0.6) is 0 Å². The third-order valence-electron chi connectivity index (χ3n) is 3.11. The molecule has 6 heteroatoms. The van der Waals surface area contributed by atoms with E-state index in [2.05, 4.69) is 21.2 Å². The first-order chi connectivity index (χ1) is 8.47. The first-order valence-corrected chi connectivity index (χ1v) is 6.47. The molecule has 3 N–H and O–H groups in total. The number of halogens is 3. The van der Waals surface area contributed by atoms with Gasteiger partial charge in [-0.1, -0.05) is 0 Å². The second kappa shape index (κ2) is 5.32. The molecule has 2 atom stereocenters. The topological polar surface area (TPSA) is 55.1 Å². The molecule has 0 bridgehead atoms. The van der Waals surface area contributed by atoms with Crippen LogP contribution < -0.4 is 11.1 Å². The Balaban J connectivity index is 2.09. The summed E-state index contributed by atoms with van der Waals surface area (Å²) in [4.78, 5) is 11.9. The van der Waals surface area contributed by atoms with Crippen LogP contribution in [0.4, 0.5) is 14.5 Å². The van der Waals surface area contributed by atoms with E-state index in [0.29, 0.717) is 12.8 Å². The van der Waals surface area contributed by atoms with Crippen LogP contribution in [-0.4, -0.2) is 11.9 Å². The van der Waals surface area contributed by atoms with E-state index in [4.69, 9.17) is 5.73 Å². The van der Waals surface area contributed by atoms with Crippen LogP contribution in [0, 0.1) is 17.6 Å². The van der Waals surface area contributed by atoms with Gasteiger partial charge in [0.1, 0.15) is 11.6 Å². The predicted octanol–water partition coefficient (Wildman–Crippen LogP) is 2.79. The fourth-order valence-electron chi connectivity index (χ4n) is 2.11. The van der Waals surface area contributed by atoms with Crippen molar-refractivity contribution < 1.29 is 13.6 Å². The normalized spacial score (nSPS) is 23.1. The van der Waals surface area contributed by atoms with Crippen LogP contribution in [0.1, 0.15) is 19.3 Å². The van der Waals surface area contributed by atoms with Crippen molar-refractivity contribution in [1.29, 1.82) is 0 Å². The van der Waals surface area contributed by atoms with Crippen LogP contribution in [0.25, 0.3) is 0 Å². The van der Waals surface area contributed by atoms with Crippen LogP contribution in [0.3, 0.4) is 0 Å². The summed E-state index contributed by atoms with van der Waals surface area (Å²) in [6.45, 7) is 0. The van der Waals surface area contributed by atoms with E-state index < -0.39 is 11.6 Å². The second-order valence-electron chi connectivity index (χ2n) is 4.51. The van der Waals surface area contributed by atoms with E-state index in [9.17, 15) is 13.6 Å². The summed E-state index contributed by atoms with van der Waals surface area (Å²) in [5, 5.41) is 2.47. The molecule has 98 valence electrons. The number of nitrogens with one attached hydrogen (secondary N) is 1. The molecule has 0 heterocycles. The second-order valence-corrected chi connectivity index (χ2v) is 5.36. The fourth-order valence-corrected chi connectivity index (χ4v) is 2.45. The van der Waals surface area contributed by atoms with Crippen LogP contribution in [0.2, 0.25) is 0 Å². The predicted molar refractivity (Wildman–Crippen MR) is 68.0 cm³/mol. The highest BCUT2D eigenvalue weighted by molar-refractivity contribution is 9.10. The maximum absolute atomic E-state index is 13.5. The molecule has 18 heavy (non-hydrogen) atoms. The molecule has 0 aromatic heterocycles. The van der Waals surface area contributed by atoms with Gasteiger partial charge in [-0.25, -0.2) is 8.78 Å². The first kappa shape index (κ1) is 13.4. The smallest absolute Gasteiger partial charge is 0.227 e. The standard InChI is InChI=1S/C12H13BrF2N2O/c13-8-4-11(10(15)5-9(8)14)17-12(18)6-1-2-7(16)3-6/h4-7H,1-3,16H2,(H,17,18). The number of nitrogens with two attached hydrogens (primary N) is 1. The number of benzene rings is 1. The lowest BCUT2D eigenvalue weighted by Crippen LogP contribution is -2.23. The van der Waals surface area contributed by atoms with Crippen LogP contribution in [0.15, 0.2) is 16.6 Å². The zero-order chi connectivity index (χ0) is 13.3. The molecule has 1 aliphatic rings. The number of anilines is 1. The average Bonchev–Trinajstić information content (AvgIpc) is 2.73. The zero-order valence-electron chi connectivity index (χ0n) is 9.55. The van der Waals surface area contributed by atoms with Gasteiger partial charge in [-0.3, -0.25) is 4.79 Å². The molecule has 1 aromatic carbocycles. The highest BCUT2D eigenvalue weighted by Gasteiger charge is 2.28. The Kier molecular flexibility index (Phi) is 3.97. The van der Waals surface area contributed by atoms with Gasteiger partial charge >= 0.3 is 0 Å². The van der Waals surface area contributed by atoms with Crippen molar-refractivity contribution >= 4 is 27.5 Å². The molecule has 2 rings (SSSR count). The van der Waals surface area contributed by atoms with Gasteiger partial charge in [0.2, 0.25) is 5.91 Å². The van der Waals surface area contributed by atoms with E-state index in [0.717, 1.165) is 12.5 Å². The zero-order valence-corrected chi connectivity index (χ0v) is 11.1. The first-order valence-electron chi connectivity index (χ1n) is 5.68. The highest BCUT2D eigenvalue weighted by atomic mass is 79.9. The van der Waals surface area contributed by atoms with Crippen molar-refractivity contribution in [3.05, 3.63) is 28.2 Å². The minimum atomic E-state index is -0.786. The molecule has 3 nitrogen and oxygen atoms in total.